The molecule has 1 nitrogen and oxygen atoms in total. The minimum Gasteiger partial charge on any atom is -0.327 e. The van der Waals surface area contributed by atoms with Gasteiger partial charge < -0.3 is 5.73 Å². The highest BCUT2D eigenvalue weighted by molar-refractivity contribution is 5.32. The average Bonchev–Trinajstić information content (AvgIpc) is 2.50. The number of hydrogen-bond donors (Lipinski definition) is 1. The molecule has 0 radical (unpaired) electrons. The van der Waals surface area contributed by atoms with Crippen molar-refractivity contribution in [3.8, 4) is 0 Å². The van der Waals surface area contributed by atoms with Gasteiger partial charge in [-0.2, -0.15) is 0 Å². The molecule has 0 aliphatic heterocycles. The SMILES string of the molecule is CCC1CCC(N)C(CC2CCCc3ccccc32)C1. The highest BCUT2D eigenvalue weighted by Gasteiger charge is 2.31. The van der Waals surface area contributed by atoms with E-state index in [0.29, 0.717) is 6.04 Å². The van der Waals surface area contributed by atoms with Crippen molar-refractivity contribution >= 4 is 0 Å². The molecule has 0 amide bonds. The van der Waals surface area contributed by atoms with Crippen LogP contribution in [0.15, 0.2) is 24.3 Å². The molecule has 20 heavy (non-hydrogen) atoms. The van der Waals surface area contributed by atoms with Crippen molar-refractivity contribution in [1.29, 1.82) is 0 Å². The maximum absolute atomic E-state index is 6.43. The standard InChI is InChI=1S/C19H29N/c1-2-14-10-11-19(20)17(12-14)13-16-8-5-7-15-6-3-4-9-18(15)16/h3-4,6,9,14,16-17,19H,2,5,7-8,10-13,20H2,1H3. The van der Waals surface area contributed by atoms with E-state index in [1.165, 1.54) is 51.4 Å². The third kappa shape index (κ3) is 2.93. The van der Waals surface area contributed by atoms with Crippen LogP contribution in [-0.2, 0) is 6.42 Å². The first-order valence-corrected chi connectivity index (χ1v) is 8.61. The highest BCUT2D eigenvalue weighted by Crippen LogP contribution is 2.41. The van der Waals surface area contributed by atoms with Crippen molar-refractivity contribution in [3.63, 3.8) is 0 Å². The van der Waals surface area contributed by atoms with E-state index in [1.807, 2.05) is 0 Å². The topological polar surface area (TPSA) is 26.0 Å². The molecule has 110 valence electrons. The Labute approximate surface area is 124 Å². The molecule has 0 saturated heterocycles. The summed E-state index contributed by atoms with van der Waals surface area (Å²) in [5, 5.41) is 0. The van der Waals surface area contributed by atoms with Crippen molar-refractivity contribution in [2.75, 3.05) is 0 Å². The fourth-order valence-corrected chi connectivity index (χ4v) is 4.49. The fraction of sp³-hybridized carbons (Fsp3) is 0.684. The molecule has 0 spiro atoms. The normalized spacial score (nSPS) is 33.7. The second-order valence-corrected chi connectivity index (χ2v) is 7.03. The van der Waals surface area contributed by atoms with E-state index in [4.69, 9.17) is 5.73 Å². The monoisotopic (exact) mass is 271 g/mol. The molecule has 2 N–H and O–H groups in total. The molecule has 1 saturated carbocycles. The van der Waals surface area contributed by atoms with Crippen LogP contribution in [0.3, 0.4) is 0 Å². The van der Waals surface area contributed by atoms with Gasteiger partial charge >= 0.3 is 0 Å². The number of aryl methyl sites for hydroxylation is 1. The zero-order valence-electron chi connectivity index (χ0n) is 12.9. The summed E-state index contributed by atoms with van der Waals surface area (Å²) >= 11 is 0. The lowest BCUT2D eigenvalue weighted by Crippen LogP contribution is -2.37. The van der Waals surface area contributed by atoms with E-state index < -0.39 is 0 Å². The lowest BCUT2D eigenvalue weighted by molar-refractivity contribution is 0.204. The lowest BCUT2D eigenvalue weighted by atomic mass is 9.70. The Morgan fingerprint density at radius 2 is 2.00 bits per heavy atom. The Morgan fingerprint density at radius 3 is 2.85 bits per heavy atom. The Morgan fingerprint density at radius 1 is 1.15 bits per heavy atom. The van der Waals surface area contributed by atoms with Crippen LogP contribution in [-0.4, -0.2) is 6.04 Å². The molecule has 1 heteroatoms. The molecule has 1 aromatic rings. The van der Waals surface area contributed by atoms with E-state index in [9.17, 15) is 0 Å². The second-order valence-electron chi connectivity index (χ2n) is 7.03. The van der Waals surface area contributed by atoms with Crippen LogP contribution in [0, 0.1) is 11.8 Å². The Kier molecular flexibility index (Phi) is 4.45. The zero-order chi connectivity index (χ0) is 13.9. The Bertz CT molecular complexity index is 439. The van der Waals surface area contributed by atoms with Crippen LogP contribution in [0.2, 0.25) is 0 Å². The molecule has 3 rings (SSSR count). The van der Waals surface area contributed by atoms with Crippen molar-refractivity contribution < 1.29 is 0 Å². The molecule has 2 aliphatic carbocycles. The first-order chi connectivity index (χ1) is 9.78. The van der Waals surface area contributed by atoms with Crippen LogP contribution >= 0.6 is 0 Å². The number of fused-ring (bicyclic) bond motifs is 1. The predicted molar refractivity (Wildman–Crippen MR) is 85.8 cm³/mol. The van der Waals surface area contributed by atoms with Gasteiger partial charge in [0.05, 0.1) is 0 Å². The summed E-state index contributed by atoms with van der Waals surface area (Å²) in [6.07, 6.45) is 10.7. The maximum Gasteiger partial charge on any atom is 0.00675 e. The summed E-state index contributed by atoms with van der Waals surface area (Å²) in [6.45, 7) is 2.34. The van der Waals surface area contributed by atoms with Gasteiger partial charge in [-0.15, -0.1) is 0 Å². The minimum absolute atomic E-state index is 0.451. The van der Waals surface area contributed by atoms with E-state index in [1.54, 1.807) is 11.1 Å². The largest absolute Gasteiger partial charge is 0.327 e. The average molecular weight is 271 g/mol. The molecule has 0 bridgehead atoms. The van der Waals surface area contributed by atoms with Gasteiger partial charge in [0, 0.05) is 6.04 Å². The van der Waals surface area contributed by atoms with Gasteiger partial charge in [0.2, 0.25) is 0 Å². The van der Waals surface area contributed by atoms with Crippen LogP contribution in [0.25, 0.3) is 0 Å². The number of hydrogen-bond acceptors (Lipinski definition) is 1. The van der Waals surface area contributed by atoms with E-state index in [-0.39, 0.29) is 0 Å². The van der Waals surface area contributed by atoms with Crippen molar-refractivity contribution in [3.05, 3.63) is 35.4 Å². The van der Waals surface area contributed by atoms with Crippen LogP contribution in [0.5, 0.6) is 0 Å². The fourth-order valence-electron chi connectivity index (χ4n) is 4.49. The maximum atomic E-state index is 6.43. The summed E-state index contributed by atoms with van der Waals surface area (Å²) < 4.78 is 0. The molecule has 0 aromatic heterocycles. The van der Waals surface area contributed by atoms with Crippen molar-refractivity contribution in [2.45, 2.75) is 70.3 Å². The molecule has 2 aliphatic rings. The van der Waals surface area contributed by atoms with Crippen LogP contribution in [0.4, 0.5) is 0 Å². The third-order valence-electron chi connectivity index (χ3n) is 5.81. The van der Waals surface area contributed by atoms with Gasteiger partial charge in [-0.3, -0.25) is 0 Å². The molecular formula is C19H29N. The van der Waals surface area contributed by atoms with Gasteiger partial charge in [-0.05, 0) is 73.8 Å². The summed E-state index contributed by atoms with van der Waals surface area (Å²) in [4.78, 5) is 0. The summed E-state index contributed by atoms with van der Waals surface area (Å²) in [7, 11) is 0. The van der Waals surface area contributed by atoms with E-state index in [0.717, 1.165) is 17.8 Å². The summed E-state index contributed by atoms with van der Waals surface area (Å²) in [5.74, 6) is 2.45. The first-order valence-electron chi connectivity index (χ1n) is 8.61. The van der Waals surface area contributed by atoms with Crippen molar-refractivity contribution in [2.24, 2.45) is 17.6 Å². The van der Waals surface area contributed by atoms with E-state index in [2.05, 4.69) is 31.2 Å². The molecule has 4 unspecified atom stereocenters. The third-order valence-corrected chi connectivity index (χ3v) is 5.81. The molecule has 0 heterocycles. The zero-order valence-corrected chi connectivity index (χ0v) is 12.9. The Hall–Kier alpha value is -0.820. The van der Waals surface area contributed by atoms with Gasteiger partial charge in [-0.1, -0.05) is 37.6 Å². The van der Waals surface area contributed by atoms with Gasteiger partial charge in [0.1, 0.15) is 0 Å². The van der Waals surface area contributed by atoms with Crippen LogP contribution < -0.4 is 5.73 Å². The van der Waals surface area contributed by atoms with Crippen molar-refractivity contribution in [1.82, 2.24) is 0 Å². The number of rotatable bonds is 3. The van der Waals surface area contributed by atoms with Gasteiger partial charge in [0.25, 0.3) is 0 Å². The first kappa shape index (κ1) is 14.1. The minimum atomic E-state index is 0.451. The second kappa shape index (κ2) is 6.30. The van der Waals surface area contributed by atoms with E-state index >= 15 is 0 Å². The number of nitrogens with two attached hydrogens (primary N) is 1. The van der Waals surface area contributed by atoms with Gasteiger partial charge in [0.15, 0.2) is 0 Å². The molecule has 1 aromatic carbocycles. The molecule has 1 fully saturated rings. The summed E-state index contributed by atoms with van der Waals surface area (Å²) in [6, 6.07) is 9.56. The highest BCUT2D eigenvalue weighted by atomic mass is 14.7. The quantitative estimate of drug-likeness (QED) is 0.851. The van der Waals surface area contributed by atoms with Crippen LogP contribution in [0.1, 0.15) is 68.9 Å². The predicted octanol–water partition coefficient (Wildman–Crippen LogP) is 4.65. The summed E-state index contributed by atoms with van der Waals surface area (Å²) in [5.41, 5.74) is 9.66. The Balaban J connectivity index is 1.71. The molecule has 4 atom stereocenters. The van der Waals surface area contributed by atoms with Gasteiger partial charge in [-0.25, -0.2) is 0 Å². The smallest absolute Gasteiger partial charge is 0.00675 e. The molecular weight excluding hydrogens is 242 g/mol. The lowest BCUT2D eigenvalue weighted by Gasteiger charge is -2.37. The number of benzene rings is 1.